The van der Waals surface area contributed by atoms with Gasteiger partial charge in [0.2, 0.25) is 5.95 Å². The third kappa shape index (κ3) is 6.87. The highest BCUT2D eigenvalue weighted by molar-refractivity contribution is 5.63. The minimum atomic E-state index is -4.60. The van der Waals surface area contributed by atoms with Crippen molar-refractivity contribution in [2.45, 2.75) is 70.6 Å². The van der Waals surface area contributed by atoms with Crippen LogP contribution in [0.5, 0.6) is 5.75 Å². The highest BCUT2D eigenvalue weighted by Gasteiger charge is 2.35. The normalized spacial score (nSPS) is 15.0. The molecular formula is C27H31F3N4O. The summed E-state index contributed by atoms with van der Waals surface area (Å²) in [6.07, 6.45) is 2.41. The summed E-state index contributed by atoms with van der Waals surface area (Å²) in [7, 11) is 0. The van der Waals surface area contributed by atoms with Gasteiger partial charge in [0, 0.05) is 17.6 Å². The Hall–Kier alpha value is -3.29. The molecule has 0 radical (unpaired) electrons. The third-order valence-electron chi connectivity index (χ3n) is 5.88. The lowest BCUT2D eigenvalue weighted by Gasteiger charge is -2.22. The van der Waals surface area contributed by atoms with Crippen LogP contribution >= 0.6 is 0 Å². The Morgan fingerprint density at radius 1 is 0.829 bits per heavy atom. The molecule has 2 aromatic carbocycles. The van der Waals surface area contributed by atoms with Crippen LogP contribution in [0, 0.1) is 0 Å². The molecule has 0 unspecified atom stereocenters. The van der Waals surface area contributed by atoms with E-state index in [1.54, 1.807) is 24.3 Å². The lowest BCUT2D eigenvalue weighted by Crippen LogP contribution is -2.22. The molecule has 0 spiro atoms. The molecule has 0 atom stereocenters. The van der Waals surface area contributed by atoms with Crippen molar-refractivity contribution in [3.8, 4) is 5.75 Å². The summed E-state index contributed by atoms with van der Waals surface area (Å²) in [4.78, 5) is 8.05. The summed E-state index contributed by atoms with van der Waals surface area (Å²) >= 11 is 0. The highest BCUT2D eigenvalue weighted by Crippen LogP contribution is 2.36. The molecule has 186 valence electrons. The molecule has 1 heterocycles. The number of ether oxygens (including phenoxy) is 1. The number of hydrogen-bond donors (Lipinski definition) is 2. The quantitative estimate of drug-likeness (QED) is 0.369. The molecule has 1 aromatic heterocycles. The van der Waals surface area contributed by atoms with Crippen LogP contribution in [0.25, 0.3) is 0 Å². The number of hydrogen-bond acceptors (Lipinski definition) is 5. The Kier molecular flexibility index (Phi) is 7.19. The summed E-state index contributed by atoms with van der Waals surface area (Å²) in [5, 5.41) is 5.80. The van der Waals surface area contributed by atoms with Crippen LogP contribution in [0.15, 0.2) is 54.7 Å². The zero-order chi connectivity index (χ0) is 25.1. The second kappa shape index (κ2) is 10.1. The van der Waals surface area contributed by atoms with Crippen molar-refractivity contribution in [2.75, 3.05) is 10.6 Å². The van der Waals surface area contributed by atoms with Gasteiger partial charge in [-0.1, -0.05) is 31.4 Å². The van der Waals surface area contributed by atoms with Crippen molar-refractivity contribution in [3.63, 3.8) is 0 Å². The summed E-state index contributed by atoms with van der Waals surface area (Å²) in [5.74, 6) is 0.967. The minimum absolute atomic E-state index is 0.0820. The van der Waals surface area contributed by atoms with Gasteiger partial charge in [-0.2, -0.15) is 18.2 Å². The minimum Gasteiger partial charge on any atom is -0.488 e. The van der Waals surface area contributed by atoms with Gasteiger partial charge in [-0.3, -0.25) is 0 Å². The van der Waals surface area contributed by atoms with Gasteiger partial charge < -0.3 is 15.4 Å². The summed E-state index contributed by atoms with van der Waals surface area (Å²) in [6, 6.07) is 14.7. The highest BCUT2D eigenvalue weighted by atomic mass is 19.4. The van der Waals surface area contributed by atoms with Crippen molar-refractivity contribution in [1.82, 2.24) is 9.97 Å². The fourth-order valence-electron chi connectivity index (χ4n) is 4.25. The number of benzene rings is 2. The molecule has 4 rings (SSSR count). The molecule has 0 bridgehead atoms. The van der Waals surface area contributed by atoms with Crippen LogP contribution in [-0.4, -0.2) is 15.6 Å². The van der Waals surface area contributed by atoms with Gasteiger partial charge in [-0.15, -0.1) is 0 Å². The molecule has 1 aliphatic rings. The molecule has 1 saturated carbocycles. The number of anilines is 4. The van der Waals surface area contributed by atoms with Crippen LogP contribution in [0.4, 0.5) is 36.3 Å². The van der Waals surface area contributed by atoms with Gasteiger partial charge in [0.15, 0.2) is 0 Å². The number of aromatic nitrogens is 2. The first-order chi connectivity index (χ1) is 16.6. The van der Waals surface area contributed by atoms with Crippen molar-refractivity contribution in [3.05, 3.63) is 65.9 Å². The molecule has 35 heavy (non-hydrogen) atoms. The number of halogens is 3. The Morgan fingerprint density at radius 2 is 1.43 bits per heavy atom. The lowest BCUT2D eigenvalue weighted by molar-refractivity contribution is -0.137. The van der Waals surface area contributed by atoms with Crippen LogP contribution in [0.1, 0.15) is 69.9 Å². The topological polar surface area (TPSA) is 59.1 Å². The second-order valence-corrected chi connectivity index (χ2v) is 9.90. The van der Waals surface area contributed by atoms with E-state index in [1.165, 1.54) is 37.7 Å². The van der Waals surface area contributed by atoms with E-state index in [-0.39, 0.29) is 17.4 Å². The maximum absolute atomic E-state index is 13.6. The number of nitrogens with zero attached hydrogens (tertiary/aromatic N) is 2. The molecule has 3 aromatic rings. The first kappa shape index (κ1) is 24.8. The van der Waals surface area contributed by atoms with E-state index >= 15 is 0 Å². The third-order valence-corrected chi connectivity index (χ3v) is 5.88. The van der Waals surface area contributed by atoms with Crippen LogP contribution in [0.3, 0.4) is 0 Å². The van der Waals surface area contributed by atoms with Gasteiger partial charge in [0.1, 0.15) is 22.7 Å². The Labute approximate surface area is 204 Å². The van der Waals surface area contributed by atoms with E-state index in [9.17, 15) is 13.2 Å². The van der Waals surface area contributed by atoms with Crippen LogP contribution in [-0.2, 0) is 6.18 Å². The van der Waals surface area contributed by atoms with E-state index in [0.29, 0.717) is 17.4 Å². The molecule has 8 heteroatoms. The summed E-state index contributed by atoms with van der Waals surface area (Å²) in [5.41, 5.74) is 1.16. The summed E-state index contributed by atoms with van der Waals surface area (Å²) in [6.45, 7) is 5.77. The zero-order valence-electron chi connectivity index (χ0n) is 20.2. The largest absolute Gasteiger partial charge is 0.488 e. The van der Waals surface area contributed by atoms with Crippen LogP contribution in [0.2, 0.25) is 0 Å². The van der Waals surface area contributed by atoms with E-state index in [2.05, 4.69) is 32.7 Å². The van der Waals surface area contributed by atoms with Gasteiger partial charge in [-0.05, 0) is 81.5 Å². The second-order valence-electron chi connectivity index (χ2n) is 9.90. The number of alkyl halides is 3. The standard InChI is InChI=1S/C27H31F3N4O/c1-26(2,3)35-22-15-13-20(14-16-22)32-24-23(27(28,29)30)17-31-25(34-24)33-21-11-9-19(10-12-21)18-7-5-4-6-8-18/h9-18H,4-8H2,1-3H3,(H2,31,32,33,34). The zero-order valence-corrected chi connectivity index (χ0v) is 20.2. The molecule has 0 amide bonds. The maximum atomic E-state index is 13.6. The van der Waals surface area contributed by atoms with Crippen molar-refractivity contribution in [2.24, 2.45) is 0 Å². The van der Waals surface area contributed by atoms with Gasteiger partial charge >= 0.3 is 6.18 Å². The first-order valence-corrected chi connectivity index (χ1v) is 11.9. The fourth-order valence-corrected chi connectivity index (χ4v) is 4.25. The van der Waals surface area contributed by atoms with Crippen molar-refractivity contribution in [1.29, 1.82) is 0 Å². The number of rotatable bonds is 6. The molecule has 0 saturated heterocycles. The predicted molar refractivity (Wildman–Crippen MR) is 133 cm³/mol. The number of nitrogens with one attached hydrogen (secondary N) is 2. The molecule has 1 aliphatic carbocycles. The Balaban J connectivity index is 1.52. The Morgan fingerprint density at radius 3 is 2.03 bits per heavy atom. The fraction of sp³-hybridized carbons (Fsp3) is 0.407. The molecule has 5 nitrogen and oxygen atoms in total. The molecule has 2 N–H and O–H groups in total. The van der Waals surface area contributed by atoms with Gasteiger partial charge in [0.25, 0.3) is 0 Å². The lowest BCUT2D eigenvalue weighted by atomic mass is 9.84. The van der Waals surface area contributed by atoms with E-state index < -0.39 is 11.7 Å². The molecule has 0 aliphatic heterocycles. The van der Waals surface area contributed by atoms with E-state index in [1.807, 2.05) is 32.9 Å². The first-order valence-electron chi connectivity index (χ1n) is 11.9. The van der Waals surface area contributed by atoms with Gasteiger partial charge in [-0.25, -0.2) is 4.98 Å². The monoisotopic (exact) mass is 484 g/mol. The van der Waals surface area contributed by atoms with Crippen LogP contribution < -0.4 is 15.4 Å². The molecular weight excluding hydrogens is 453 g/mol. The SMILES string of the molecule is CC(C)(C)Oc1ccc(Nc2nc(Nc3ccc(C4CCCCC4)cc3)ncc2C(F)(F)F)cc1. The van der Waals surface area contributed by atoms with Crippen molar-refractivity contribution < 1.29 is 17.9 Å². The van der Waals surface area contributed by atoms with Gasteiger partial charge in [0.05, 0.1) is 0 Å². The smallest absolute Gasteiger partial charge is 0.421 e. The van der Waals surface area contributed by atoms with E-state index in [0.717, 1.165) is 11.9 Å². The average molecular weight is 485 g/mol. The Bertz CT molecular complexity index is 1120. The summed E-state index contributed by atoms with van der Waals surface area (Å²) < 4.78 is 46.6. The predicted octanol–water partition coefficient (Wildman–Crippen LogP) is 8.21. The van der Waals surface area contributed by atoms with E-state index in [4.69, 9.17) is 4.74 Å². The average Bonchev–Trinajstić information content (AvgIpc) is 2.80. The molecule has 1 fully saturated rings. The van der Waals surface area contributed by atoms with Crippen molar-refractivity contribution >= 4 is 23.1 Å². The maximum Gasteiger partial charge on any atom is 0.421 e.